The monoisotopic (exact) mass is 456 g/mol. The molecule has 4 rings (SSSR count). The summed E-state index contributed by atoms with van der Waals surface area (Å²) in [6, 6.07) is 7.76. The summed E-state index contributed by atoms with van der Waals surface area (Å²) in [5.74, 6) is 0.0951. The molecule has 0 aliphatic carbocycles. The molecule has 0 unspecified atom stereocenters. The molecule has 0 aliphatic heterocycles. The number of nitrogens with zero attached hydrogens (tertiary/aromatic N) is 3. The van der Waals surface area contributed by atoms with Crippen LogP contribution in [-0.2, 0) is 16.0 Å². The molecule has 3 aromatic heterocycles. The van der Waals surface area contributed by atoms with Gasteiger partial charge in [-0.1, -0.05) is 0 Å². The molecule has 1 aromatic carbocycles. The van der Waals surface area contributed by atoms with Crippen molar-refractivity contribution in [3.05, 3.63) is 52.6 Å². The van der Waals surface area contributed by atoms with Gasteiger partial charge >= 0.3 is 5.97 Å². The lowest BCUT2D eigenvalue weighted by Gasteiger charge is -2.03. The molecule has 0 saturated heterocycles. The summed E-state index contributed by atoms with van der Waals surface area (Å²) >= 11 is 2.66. The van der Waals surface area contributed by atoms with Gasteiger partial charge in [0.15, 0.2) is 15.8 Å². The number of imidazole rings is 1. The van der Waals surface area contributed by atoms with Crippen LogP contribution in [-0.4, -0.2) is 39.5 Å². The quantitative estimate of drug-likeness (QED) is 0.398. The molecule has 1 N–H and O–H groups in total. The van der Waals surface area contributed by atoms with Crippen LogP contribution in [0.25, 0.3) is 16.2 Å². The van der Waals surface area contributed by atoms with Crippen molar-refractivity contribution >= 4 is 44.6 Å². The SMILES string of the molecule is CCOC(=O)c1csc(NC(=O)Cc2csc3nc(-c4ccc(OCC)cc4)cn23)n1. The summed E-state index contributed by atoms with van der Waals surface area (Å²) < 4.78 is 12.3. The molecule has 4 aromatic rings. The van der Waals surface area contributed by atoms with Gasteiger partial charge in [-0.2, -0.15) is 0 Å². The number of esters is 1. The van der Waals surface area contributed by atoms with E-state index in [4.69, 9.17) is 9.47 Å². The summed E-state index contributed by atoms with van der Waals surface area (Å²) in [7, 11) is 0. The van der Waals surface area contributed by atoms with Gasteiger partial charge in [0.2, 0.25) is 5.91 Å². The van der Waals surface area contributed by atoms with E-state index in [1.165, 1.54) is 22.7 Å². The zero-order valence-electron chi connectivity index (χ0n) is 17.0. The smallest absolute Gasteiger partial charge is 0.357 e. The summed E-state index contributed by atoms with van der Waals surface area (Å²) in [6.45, 7) is 4.57. The minimum Gasteiger partial charge on any atom is -0.494 e. The third-order valence-electron chi connectivity index (χ3n) is 4.32. The number of nitrogens with one attached hydrogen (secondary N) is 1. The molecule has 160 valence electrons. The lowest BCUT2D eigenvalue weighted by molar-refractivity contribution is -0.115. The molecule has 31 heavy (non-hydrogen) atoms. The Kier molecular flexibility index (Phi) is 6.28. The number of anilines is 1. The molecule has 0 bridgehead atoms. The highest BCUT2D eigenvalue weighted by Gasteiger charge is 2.16. The number of benzene rings is 1. The van der Waals surface area contributed by atoms with Crippen molar-refractivity contribution in [1.29, 1.82) is 0 Å². The first kappa shape index (κ1) is 21.0. The number of rotatable bonds is 8. The molecular weight excluding hydrogens is 436 g/mol. The second-order valence-electron chi connectivity index (χ2n) is 6.45. The summed E-state index contributed by atoms with van der Waals surface area (Å²) in [5.41, 5.74) is 2.82. The van der Waals surface area contributed by atoms with Gasteiger partial charge < -0.3 is 14.8 Å². The van der Waals surface area contributed by atoms with Crippen molar-refractivity contribution in [2.45, 2.75) is 20.3 Å². The van der Waals surface area contributed by atoms with Gasteiger partial charge in [0.25, 0.3) is 0 Å². The van der Waals surface area contributed by atoms with Crippen LogP contribution >= 0.6 is 22.7 Å². The Labute approximate surface area is 186 Å². The summed E-state index contributed by atoms with van der Waals surface area (Å²) in [6.07, 6.45) is 2.08. The average molecular weight is 457 g/mol. The van der Waals surface area contributed by atoms with Crippen LogP contribution in [0.4, 0.5) is 5.13 Å². The first-order valence-corrected chi connectivity index (χ1v) is 11.4. The van der Waals surface area contributed by atoms with Crippen molar-refractivity contribution in [1.82, 2.24) is 14.4 Å². The number of amides is 1. The van der Waals surface area contributed by atoms with Gasteiger partial charge in [0, 0.05) is 28.2 Å². The van der Waals surface area contributed by atoms with Crippen LogP contribution in [0.1, 0.15) is 30.0 Å². The molecule has 0 radical (unpaired) electrons. The summed E-state index contributed by atoms with van der Waals surface area (Å²) in [5, 5.41) is 6.58. The number of aromatic nitrogens is 3. The first-order chi connectivity index (χ1) is 15.1. The Morgan fingerprint density at radius 3 is 2.61 bits per heavy atom. The fourth-order valence-electron chi connectivity index (χ4n) is 2.94. The molecule has 10 heteroatoms. The van der Waals surface area contributed by atoms with Crippen molar-refractivity contribution < 1.29 is 19.1 Å². The number of hydrogen-bond donors (Lipinski definition) is 1. The van der Waals surface area contributed by atoms with Crippen LogP contribution in [0.5, 0.6) is 5.75 Å². The van der Waals surface area contributed by atoms with Gasteiger partial charge in [-0.3, -0.25) is 9.20 Å². The van der Waals surface area contributed by atoms with Crippen molar-refractivity contribution in [3.8, 4) is 17.0 Å². The van der Waals surface area contributed by atoms with Crippen LogP contribution in [0, 0.1) is 0 Å². The zero-order chi connectivity index (χ0) is 21.8. The second kappa shape index (κ2) is 9.27. The van der Waals surface area contributed by atoms with E-state index < -0.39 is 5.97 Å². The molecule has 8 nitrogen and oxygen atoms in total. The van der Waals surface area contributed by atoms with E-state index in [-0.39, 0.29) is 24.6 Å². The second-order valence-corrected chi connectivity index (χ2v) is 8.14. The van der Waals surface area contributed by atoms with Crippen LogP contribution in [0.3, 0.4) is 0 Å². The standard InChI is InChI=1S/C21H20N4O4S2/c1-3-28-15-7-5-13(6-8-15)16-10-25-14(11-31-21(25)23-16)9-18(26)24-20-22-17(12-30-20)19(27)29-4-2/h5-8,10-12H,3-4,9H2,1-2H3,(H,22,24,26). The van der Waals surface area contributed by atoms with E-state index in [0.29, 0.717) is 11.7 Å². The predicted octanol–water partition coefficient (Wildman–Crippen LogP) is 4.28. The number of hydrogen-bond acceptors (Lipinski definition) is 8. The fraction of sp³-hybridized carbons (Fsp3) is 0.238. The molecule has 0 atom stereocenters. The fourth-order valence-corrected chi connectivity index (χ4v) is 4.51. The van der Waals surface area contributed by atoms with Crippen molar-refractivity contribution in [2.24, 2.45) is 0 Å². The normalized spacial score (nSPS) is 10.9. The van der Waals surface area contributed by atoms with E-state index in [9.17, 15) is 9.59 Å². The summed E-state index contributed by atoms with van der Waals surface area (Å²) in [4.78, 5) is 33.8. The van der Waals surface area contributed by atoms with Gasteiger partial charge in [0.1, 0.15) is 5.75 Å². The molecule has 3 heterocycles. The molecule has 0 aliphatic rings. The minimum atomic E-state index is -0.501. The van der Waals surface area contributed by atoms with E-state index in [2.05, 4.69) is 15.3 Å². The Morgan fingerprint density at radius 2 is 1.87 bits per heavy atom. The van der Waals surface area contributed by atoms with E-state index >= 15 is 0 Å². The Hall–Kier alpha value is -3.24. The Bertz CT molecular complexity index is 1210. The number of fused-ring (bicyclic) bond motifs is 1. The topological polar surface area (TPSA) is 94.8 Å². The number of carbonyl (C=O) groups is 2. The van der Waals surface area contributed by atoms with E-state index in [1.54, 1.807) is 12.3 Å². The van der Waals surface area contributed by atoms with Crippen LogP contribution < -0.4 is 10.1 Å². The molecular formula is C21H20N4O4S2. The number of thiazole rings is 2. The maximum Gasteiger partial charge on any atom is 0.357 e. The third kappa shape index (κ3) is 4.75. The van der Waals surface area contributed by atoms with Crippen molar-refractivity contribution in [2.75, 3.05) is 18.5 Å². The zero-order valence-corrected chi connectivity index (χ0v) is 18.6. The van der Waals surface area contributed by atoms with E-state index in [1.807, 2.05) is 47.2 Å². The molecule has 1 amide bonds. The lowest BCUT2D eigenvalue weighted by atomic mass is 10.1. The largest absolute Gasteiger partial charge is 0.494 e. The molecule has 0 spiro atoms. The highest BCUT2D eigenvalue weighted by molar-refractivity contribution is 7.15. The van der Waals surface area contributed by atoms with Gasteiger partial charge in [-0.05, 0) is 38.1 Å². The molecule has 0 saturated carbocycles. The average Bonchev–Trinajstić information content (AvgIpc) is 3.47. The molecule has 0 fully saturated rings. The number of ether oxygens (including phenoxy) is 2. The maximum absolute atomic E-state index is 12.5. The predicted molar refractivity (Wildman–Crippen MR) is 120 cm³/mol. The minimum absolute atomic E-state index is 0.160. The Morgan fingerprint density at radius 1 is 1.06 bits per heavy atom. The Balaban J connectivity index is 1.45. The van der Waals surface area contributed by atoms with Crippen LogP contribution in [0.2, 0.25) is 0 Å². The maximum atomic E-state index is 12.5. The van der Waals surface area contributed by atoms with Crippen molar-refractivity contribution in [3.63, 3.8) is 0 Å². The van der Waals surface area contributed by atoms with Crippen LogP contribution in [0.15, 0.2) is 41.2 Å². The third-order valence-corrected chi connectivity index (χ3v) is 5.97. The number of carbonyl (C=O) groups excluding carboxylic acids is 2. The van der Waals surface area contributed by atoms with Gasteiger partial charge in [-0.15, -0.1) is 22.7 Å². The van der Waals surface area contributed by atoms with Gasteiger partial charge in [0.05, 0.1) is 25.3 Å². The highest BCUT2D eigenvalue weighted by atomic mass is 32.1. The lowest BCUT2D eigenvalue weighted by Crippen LogP contribution is -2.15. The highest BCUT2D eigenvalue weighted by Crippen LogP contribution is 2.26. The first-order valence-electron chi connectivity index (χ1n) is 9.68. The van der Waals surface area contributed by atoms with Gasteiger partial charge in [-0.25, -0.2) is 14.8 Å². The van der Waals surface area contributed by atoms with E-state index in [0.717, 1.165) is 27.7 Å².